The van der Waals surface area contributed by atoms with Crippen LogP contribution in [0.25, 0.3) is 11.6 Å². The molecular formula is C38H45NO6. The van der Waals surface area contributed by atoms with Crippen molar-refractivity contribution in [3.05, 3.63) is 83.4 Å². The number of hydrogen-bond acceptors (Lipinski definition) is 7. The van der Waals surface area contributed by atoms with Crippen molar-refractivity contribution >= 4 is 23.6 Å². The summed E-state index contributed by atoms with van der Waals surface area (Å²) in [4.78, 5) is 27.4. The number of hydrogen-bond donors (Lipinski definition) is 0. The molecule has 0 bridgehead atoms. The van der Waals surface area contributed by atoms with E-state index >= 15 is 0 Å². The van der Waals surface area contributed by atoms with E-state index in [4.69, 9.17) is 18.9 Å². The van der Waals surface area contributed by atoms with Gasteiger partial charge in [-0.1, -0.05) is 30.7 Å². The normalized spacial score (nSPS) is 17.0. The van der Waals surface area contributed by atoms with E-state index in [2.05, 4.69) is 11.0 Å². The Bertz CT molecular complexity index is 1520. The molecule has 0 amide bonds. The third kappa shape index (κ3) is 8.34. The Kier molecular flexibility index (Phi) is 9.68. The van der Waals surface area contributed by atoms with Crippen LogP contribution in [0, 0.1) is 10.8 Å². The molecule has 0 radical (unpaired) electrons. The Morgan fingerprint density at radius 3 is 1.96 bits per heavy atom. The van der Waals surface area contributed by atoms with Crippen molar-refractivity contribution in [1.29, 1.82) is 0 Å². The molecule has 0 N–H and O–H groups in total. The molecule has 0 unspecified atom stereocenters. The molecule has 1 fully saturated rings. The van der Waals surface area contributed by atoms with Gasteiger partial charge in [-0.15, -0.1) is 0 Å². The van der Waals surface area contributed by atoms with Crippen molar-refractivity contribution in [3.8, 4) is 23.0 Å². The van der Waals surface area contributed by atoms with Crippen LogP contribution >= 0.6 is 0 Å². The maximum Gasteiger partial charge on any atom is 0.316 e. The molecule has 2 heterocycles. The summed E-state index contributed by atoms with van der Waals surface area (Å²) < 4.78 is 24.0. The number of carbonyl (C=O) groups is 2. The molecule has 0 aromatic heterocycles. The number of esters is 2. The van der Waals surface area contributed by atoms with E-state index in [0.717, 1.165) is 47.6 Å². The van der Waals surface area contributed by atoms with Crippen molar-refractivity contribution in [1.82, 2.24) is 4.90 Å². The van der Waals surface area contributed by atoms with Gasteiger partial charge in [0.25, 0.3) is 0 Å². The third-order valence-corrected chi connectivity index (χ3v) is 7.96. The highest BCUT2D eigenvalue weighted by Crippen LogP contribution is 2.44. The number of likely N-dealkylation sites (tertiary alicyclic amines) is 1. The molecule has 7 heteroatoms. The molecule has 0 saturated carbocycles. The number of carbonyl (C=O) groups excluding carboxylic acids is 2. The van der Waals surface area contributed by atoms with Crippen molar-refractivity contribution in [2.24, 2.45) is 10.8 Å². The Labute approximate surface area is 267 Å². The van der Waals surface area contributed by atoms with Crippen LogP contribution in [0.15, 0.2) is 66.7 Å². The number of nitrogens with zero attached hydrogens (tertiary/aromatic N) is 1. The predicted molar refractivity (Wildman–Crippen MR) is 177 cm³/mol. The fourth-order valence-corrected chi connectivity index (χ4v) is 5.17. The zero-order chi connectivity index (χ0) is 32.2. The fraction of sp³-hybridized carbons (Fsp3) is 0.421. The van der Waals surface area contributed by atoms with Crippen LogP contribution in [0.1, 0.15) is 83.6 Å². The maximum atomic E-state index is 12.6. The maximum absolute atomic E-state index is 12.6. The van der Waals surface area contributed by atoms with E-state index in [1.807, 2.05) is 84.0 Å². The van der Waals surface area contributed by atoms with Crippen LogP contribution < -0.4 is 18.9 Å². The minimum Gasteiger partial charge on any atom is -0.492 e. The van der Waals surface area contributed by atoms with E-state index in [-0.39, 0.29) is 11.9 Å². The molecule has 5 rings (SSSR count). The summed E-state index contributed by atoms with van der Waals surface area (Å²) in [6, 6.07) is 21.0. The molecule has 2 aliphatic rings. The molecule has 1 saturated heterocycles. The Hall–Kier alpha value is -4.10. The van der Waals surface area contributed by atoms with Gasteiger partial charge in [-0.2, -0.15) is 0 Å². The van der Waals surface area contributed by atoms with Gasteiger partial charge in [0.2, 0.25) is 0 Å². The smallest absolute Gasteiger partial charge is 0.316 e. The number of ether oxygens (including phenoxy) is 4. The van der Waals surface area contributed by atoms with Gasteiger partial charge >= 0.3 is 11.9 Å². The summed E-state index contributed by atoms with van der Waals surface area (Å²) in [7, 11) is 0. The first-order chi connectivity index (χ1) is 21.4. The molecule has 45 heavy (non-hydrogen) atoms. The lowest BCUT2D eigenvalue weighted by Gasteiger charge is -2.29. The van der Waals surface area contributed by atoms with Gasteiger partial charge in [-0.25, -0.2) is 0 Å². The number of rotatable bonds is 8. The minimum absolute atomic E-state index is 0.288. The van der Waals surface area contributed by atoms with Crippen molar-refractivity contribution in [2.75, 3.05) is 26.2 Å². The zero-order valence-electron chi connectivity index (χ0n) is 27.4. The Balaban J connectivity index is 1.39. The van der Waals surface area contributed by atoms with Crippen LogP contribution in [0.2, 0.25) is 0 Å². The number of fused-ring (bicyclic) bond motifs is 1. The van der Waals surface area contributed by atoms with Crippen molar-refractivity contribution in [2.45, 2.75) is 66.9 Å². The molecule has 3 aromatic rings. The summed E-state index contributed by atoms with van der Waals surface area (Å²) in [6.07, 6.45) is 5.51. The molecule has 1 atom stereocenters. The molecule has 3 aromatic carbocycles. The van der Waals surface area contributed by atoms with Gasteiger partial charge in [0.1, 0.15) is 35.7 Å². The van der Waals surface area contributed by atoms with E-state index in [9.17, 15) is 9.59 Å². The summed E-state index contributed by atoms with van der Waals surface area (Å²) in [5, 5.41) is 0. The van der Waals surface area contributed by atoms with Gasteiger partial charge in [-0.05, 0) is 121 Å². The molecule has 7 nitrogen and oxygen atoms in total. The molecular weight excluding hydrogens is 566 g/mol. The predicted octanol–water partition coefficient (Wildman–Crippen LogP) is 8.13. The van der Waals surface area contributed by atoms with Gasteiger partial charge in [0.15, 0.2) is 0 Å². The highest BCUT2D eigenvalue weighted by Gasteiger charge is 2.29. The van der Waals surface area contributed by atoms with Gasteiger partial charge in [-0.3, -0.25) is 14.5 Å². The third-order valence-electron chi connectivity index (χ3n) is 7.96. The van der Waals surface area contributed by atoms with Crippen LogP contribution in [0.5, 0.6) is 23.0 Å². The quantitative estimate of drug-likeness (QED) is 0.188. The first-order valence-electron chi connectivity index (χ1n) is 15.9. The van der Waals surface area contributed by atoms with Gasteiger partial charge in [0, 0.05) is 23.7 Å². The number of benzene rings is 3. The molecule has 0 spiro atoms. The average Bonchev–Trinajstić information content (AvgIpc) is 3.01. The van der Waals surface area contributed by atoms with E-state index < -0.39 is 16.9 Å². The van der Waals surface area contributed by atoms with Crippen LogP contribution in [-0.4, -0.2) is 43.1 Å². The largest absolute Gasteiger partial charge is 0.492 e. The SMILES string of the molecule is CC(C)(C)C(=O)Oc1ccc(C2=Cc3ccc(OC(=O)C(C)(C)C)cc3O[C@@H]2c2ccc(OCCN3CCCCC3)cc2)cc1. The van der Waals surface area contributed by atoms with Crippen LogP contribution in [0.4, 0.5) is 0 Å². The first kappa shape index (κ1) is 32.3. The van der Waals surface area contributed by atoms with Crippen LogP contribution in [-0.2, 0) is 9.59 Å². The van der Waals surface area contributed by atoms with Gasteiger partial charge < -0.3 is 18.9 Å². The molecule has 0 aliphatic carbocycles. The minimum atomic E-state index is -0.628. The standard InChI is InChI=1S/C38H45NO6/c1-37(2,3)35(40)43-30-17-10-26(11-18-30)32-24-28-14-19-31(44-36(41)38(4,5)6)25-33(28)45-34(32)27-12-15-29(16-13-27)42-23-22-39-20-8-7-9-21-39/h10-19,24-25,34H,7-9,20-23H2,1-6H3/t34-/m1/s1. The molecule has 2 aliphatic heterocycles. The first-order valence-corrected chi connectivity index (χ1v) is 15.9. The fourth-order valence-electron chi connectivity index (χ4n) is 5.17. The van der Waals surface area contributed by atoms with E-state index in [1.165, 1.54) is 19.3 Å². The summed E-state index contributed by atoms with van der Waals surface area (Å²) >= 11 is 0. The van der Waals surface area contributed by atoms with Crippen LogP contribution in [0.3, 0.4) is 0 Å². The van der Waals surface area contributed by atoms with E-state index in [1.54, 1.807) is 24.3 Å². The van der Waals surface area contributed by atoms with Crippen molar-refractivity contribution in [3.63, 3.8) is 0 Å². The highest BCUT2D eigenvalue weighted by atomic mass is 16.5. The monoisotopic (exact) mass is 611 g/mol. The topological polar surface area (TPSA) is 74.3 Å². The lowest BCUT2D eigenvalue weighted by Crippen LogP contribution is -2.33. The lowest BCUT2D eigenvalue weighted by atomic mass is 9.91. The van der Waals surface area contributed by atoms with Gasteiger partial charge in [0.05, 0.1) is 10.8 Å². The number of piperidine rings is 1. The highest BCUT2D eigenvalue weighted by molar-refractivity contribution is 5.89. The average molecular weight is 612 g/mol. The lowest BCUT2D eigenvalue weighted by molar-refractivity contribution is -0.143. The zero-order valence-corrected chi connectivity index (χ0v) is 27.4. The second-order valence-electron chi connectivity index (χ2n) is 13.9. The summed E-state index contributed by atoms with van der Waals surface area (Å²) in [5.74, 6) is 1.77. The molecule has 238 valence electrons. The van der Waals surface area contributed by atoms with Crippen molar-refractivity contribution < 1.29 is 28.5 Å². The second kappa shape index (κ2) is 13.5. The Morgan fingerprint density at radius 1 is 0.756 bits per heavy atom. The summed E-state index contributed by atoms with van der Waals surface area (Å²) in [6.45, 7) is 14.8. The Morgan fingerprint density at radius 2 is 1.33 bits per heavy atom. The second-order valence-corrected chi connectivity index (χ2v) is 13.9. The van der Waals surface area contributed by atoms with E-state index in [0.29, 0.717) is 23.9 Å². The summed E-state index contributed by atoms with van der Waals surface area (Å²) in [5.41, 5.74) is 2.49.